The summed E-state index contributed by atoms with van der Waals surface area (Å²) in [6, 6.07) is 12.2. The summed E-state index contributed by atoms with van der Waals surface area (Å²) in [5.41, 5.74) is 5.77. The van der Waals surface area contributed by atoms with Crippen LogP contribution in [-0.2, 0) is 17.8 Å². The van der Waals surface area contributed by atoms with Gasteiger partial charge >= 0.3 is 0 Å². The average Bonchev–Trinajstić information content (AvgIpc) is 2.98. The molecule has 1 aliphatic carbocycles. The number of benzene rings is 1. The number of aromatic nitrogens is 1. The second kappa shape index (κ2) is 11.3. The molecule has 0 unspecified atom stereocenters. The van der Waals surface area contributed by atoms with Crippen molar-refractivity contribution in [2.75, 3.05) is 10.2 Å². The fourth-order valence-electron chi connectivity index (χ4n) is 4.21. The van der Waals surface area contributed by atoms with Crippen molar-refractivity contribution in [3.05, 3.63) is 126 Å². The molecule has 1 aliphatic heterocycles. The highest BCUT2D eigenvalue weighted by Gasteiger charge is 2.26. The molecule has 5 heteroatoms. The van der Waals surface area contributed by atoms with Crippen molar-refractivity contribution in [3.8, 4) is 0 Å². The molecule has 0 bridgehead atoms. The fraction of sp³-hybridized carbons (Fsp3) is 0.200. The lowest BCUT2D eigenvalue weighted by atomic mass is 10.1. The molecule has 0 spiro atoms. The number of fused-ring (bicyclic) bond motifs is 1. The third kappa shape index (κ3) is 5.87. The van der Waals surface area contributed by atoms with Gasteiger partial charge in [-0.3, -0.25) is 9.69 Å². The predicted octanol–water partition coefficient (Wildman–Crippen LogP) is 6.24. The number of pyridine rings is 1. The van der Waals surface area contributed by atoms with Crippen molar-refractivity contribution >= 4 is 17.3 Å². The molecule has 178 valence electrons. The summed E-state index contributed by atoms with van der Waals surface area (Å²) < 4.78 is 0. The van der Waals surface area contributed by atoms with Gasteiger partial charge in [0.1, 0.15) is 11.6 Å². The van der Waals surface area contributed by atoms with Gasteiger partial charge in [-0.25, -0.2) is 4.98 Å². The zero-order valence-electron chi connectivity index (χ0n) is 20.4. The van der Waals surface area contributed by atoms with Gasteiger partial charge in [0.15, 0.2) is 5.78 Å². The molecule has 2 heterocycles. The number of aryl methyl sites for hydroxylation is 1. The van der Waals surface area contributed by atoms with Gasteiger partial charge in [-0.1, -0.05) is 49.1 Å². The number of hydrogen-bond donors (Lipinski definition) is 2. The molecule has 2 aliphatic rings. The summed E-state index contributed by atoms with van der Waals surface area (Å²) >= 11 is 0. The molecule has 2 aromatic rings. The first-order chi connectivity index (χ1) is 17.1. The molecular formula is C30H32N4O. The normalized spacial score (nSPS) is 15.9. The summed E-state index contributed by atoms with van der Waals surface area (Å²) in [6.07, 6.45) is 18.0. The lowest BCUT2D eigenvalue weighted by molar-refractivity contribution is -0.114. The number of rotatable bonds is 8. The highest BCUT2D eigenvalue weighted by molar-refractivity contribution is 5.95. The number of carbonyl (C=O) groups is 1. The molecule has 5 nitrogen and oxygen atoms in total. The van der Waals surface area contributed by atoms with Crippen LogP contribution < -0.4 is 15.5 Å². The summed E-state index contributed by atoms with van der Waals surface area (Å²) in [5.74, 6) is 1.46. The minimum Gasteiger partial charge on any atom is -0.381 e. The largest absolute Gasteiger partial charge is 0.381 e. The zero-order chi connectivity index (χ0) is 24.6. The van der Waals surface area contributed by atoms with Crippen LogP contribution in [0.25, 0.3) is 0 Å². The molecule has 4 rings (SSSR count). The molecular weight excluding hydrogens is 432 g/mol. The summed E-state index contributed by atoms with van der Waals surface area (Å²) in [5, 5.41) is 6.93. The Morgan fingerprint density at radius 1 is 1.23 bits per heavy atom. The Kier molecular flexibility index (Phi) is 7.78. The summed E-state index contributed by atoms with van der Waals surface area (Å²) in [6.45, 7) is 8.52. The van der Waals surface area contributed by atoms with E-state index in [4.69, 9.17) is 4.98 Å². The highest BCUT2D eigenvalue weighted by atomic mass is 16.1. The number of allylic oxidation sites excluding steroid dienone is 8. The Balaban J connectivity index is 1.76. The molecule has 35 heavy (non-hydrogen) atoms. The van der Waals surface area contributed by atoms with Crippen LogP contribution in [0.15, 0.2) is 109 Å². The molecule has 1 aromatic carbocycles. The number of carbonyl (C=O) groups excluding carboxylic acids is 1. The smallest absolute Gasteiger partial charge is 0.163 e. The van der Waals surface area contributed by atoms with Gasteiger partial charge in [-0.2, -0.15) is 0 Å². The Labute approximate surface area is 208 Å². The quantitative estimate of drug-likeness (QED) is 0.453. The van der Waals surface area contributed by atoms with Crippen LogP contribution in [0.4, 0.5) is 11.5 Å². The number of anilines is 2. The number of nitrogens with one attached hydrogen (secondary N) is 2. The van der Waals surface area contributed by atoms with E-state index in [1.807, 2.05) is 67.3 Å². The van der Waals surface area contributed by atoms with Crippen molar-refractivity contribution in [2.24, 2.45) is 0 Å². The Bertz CT molecular complexity index is 1250. The van der Waals surface area contributed by atoms with E-state index in [0.29, 0.717) is 12.4 Å². The van der Waals surface area contributed by atoms with Crippen molar-refractivity contribution in [1.29, 1.82) is 0 Å². The Hall–Kier alpha value is -4.12. The van der Waals surface area contributed by atoms with E-state index >= 15 is 0 Å². The average molecular weight is 465 g/mol. The third-order valence-electron chi connectivity index (χ3n) is 5.90. The van der Waals surface area contributed by atoms with Crippen LogP contribution in [0.5, 0.6) is 0 Å². The molecule has 1 aromatic heterocycles. The van der Waals surface area contributed by atoms with Crippen LogP contribution in [0.2, 0.25) is 0 Å². The van der Waals surface area contributed by atoms with Gasteiger partial charge in [-0.15, -0.1) is 0 Å². The van der Waals surface area contributed by atoms with Crippen LogP contribution >= 0.6 is 0 Å². The first-order valence-corrected chi connectivity index (χ1v) is 12.0. The van der Waals surface area contributed by atoms with Gasteiger partial charge in [-0.05, 0) is 68.7 Å². The van der Waals surface area contributed by atoms with E-state index in [2.05, 4.69) is 41.5 Å². The van der Waals surface area contributed by atoms with E-state index in [1.54, 1.807) is 12.2 Å². The van der Waals surface area contributed by atoms with Crippen molar-refractivity contribution in [2.45, 2.75) is 39.7 Å². The Morgan fingerprint density at radius 2 is 2.06 bits per heavy atom. The first-order valence-electron chi connectivity index (χ1n) is 12.0. The van der Waals surface area contributed by atoms with Crippen molar-refractivity contribution < 1.29 is 4.79 Å². The fourth-order valence-corrected chi connectivity index (χ4v) is 4.21. The van der Waals surface area contributed by atoms with Crippen molar-refractivity contribution in [1.82, 2.24) is 10.3 Å². The maximum Gasteiger partial charge on any atom is 0.163 e. The predicted molar refractivity (Wildman–Crippen MR) is 145 cm³/mol. The molecule has 2 N–H and O–H groups in total. The number of nitrogens with zero attached hydrogens (tertiary/aromatic N) is 2. The summed E-state index contributed by atoms with van der Waals surface area (Å²) in [7, 11) is 0. The first kappa shape index (κ1) is 24.0. The van der Waals surface area contributed by atoms with Gasteiger partial charge in [0, 0.05) is 47.4 Å². The second-order valence-corrected chi connectivity index (χ2v) is 8.53. The van der Waals surface area contributed by atoms with Gasteiger partial charge in [0.05, 0.1) is 0 Å². The summed E-state index contributed by atoms with van der Waals surface area (Å²) in [4.78, 5) is 20.1. The van der Waals surface area contributed by atoms with E-state index in [9.17, 15) is 4.79 Å². The Morgan fingerprint density at radius 3 is 2.77 bits per heavy atom. The minimum atomic E-state index is 0.0303. The number of hydrogen-bond acceptors (Lipinski definition) is 5. The molecule has 0 saturated heterocycles. The maximum absolute atomic E-state index is 13.1. The molecule has 0 fully saturated rings. The SMILES string of the molecule is C=C/C=C(\C=C/C)N1C(NC2=CCCC=C2)=CC(=O)Cc2cc(CNc3ccccc3)c(C)nc21. The highest BCUT2D eigenvalue weighted by Crippen LogP contribution is 2.32. The third-order valence-corrected chi connectivity index (χ3v) is 5.90. The van der Waals surface area contributed by atoms with E-state index in [-0.39, 0.29) is 12.2 Å². The van der Waals surface area contributed by atoms with E-state index in [1.165, 1.54) is 0 Å². The van der Waals surface area contributed by atoms with Crippen molar-refractivity contribution in [3.63, 3.8) is 0 Å². The van der Waals surface area contributed by atoms with Gasteiger partial charge < -0.3 is 10.6 Å². The molecule has 0 amide bonds. The molecule has 0 radical (unpaired) electrons. The zero-order valence-corrected chi connectivity index (χ0v) is 20.4. The maximum atomic E-state index is 13.1. The minimum absolute atomic E-state index is 0.0303. The standard InChI is InChI=1S/C30H32N4O/c1-4-12-27(13-5-2)34-29(33-26-16-10-7-11-17-26)20-28(35)19-23-18-24(22(3)32-30(23)34)21-31-25-14-8-6-9-15-25/h4-6,8-10,12-18,20,31,33H,1,7,11,19,21H2,2-3H3/b13-5-,27-12+. The second-order valence-electron chi connectivity index (χ2n) is 8.53. The van der Waals surface area contributed by atoms with Crippen LogP contribution in [0.1, 0.15) is 36.6 Å². The lowest BCUT2D eigenvalue weighted by Gasteiger charge is -2.29. The topological polar surface area (TPSA) is 57.3 Å². The number of para-hydroxylation sites is 1. The molecule has 0 atom stereocenters. The van der Waals surface area contributed by atoms with Crippen LogP contribution in [-0.4, -0.2) is 10.8 Å². The van der Waals surface area contributed by atoms with Crippen LogP contribution in [0, 0.1) is 6.92 Å². The monoisotopic (exact) mass is 464 g/mol. The lowest BCUT2D eigenvalue weighted by Crippen LogP contribution is -2.31. The van der Waals surface area contributed by atoms with E-state index < -0.39 is 0 Å². The van der Waals surface area contributed by atoms with Crippen LogP contribution in [0.3, 0.4) is 0 Å². The number of ketones is 1. The van der Waals surface area contributed by atoms with Gasteiger partial charge in [0.2, 0.25) is 0 Å². The van der Waals surface area contributed by atoms with E-state index in [0.717, 1.165) is 52.6 Å². The van der Waals surface area contributed by atoms with Gasteiger partial charge in [0.25, 0.3) is 0 Å². The molecule has 0 saturated carbocycles.